The summed E-state index contributed by atoms with van der Waals surface area (Å²) in [6.07, 6.45) is 2.99. The van der Waals surface area contributed by atoms with Gasteiger partial charge in [0.2, 0.25) is 5.91 Å². The lowest BCUT2D eigenvalue weighted by atomic mass is 9.99. The molecule has 0 atom stereocenters. The summed E-state index contributed by atoms with van der Waals surface area (Å²) in [5.41, 5.74) is 3.52. The lowest BCUT2D eigenvalue weighted by molar-refractivity contribution is -0.132. The highest BCUT2D eigenvalue weighted by molar-refractivity contribution is 7.89. The van der Waals surface area contributed by atoms with Crippen LogP contribution < -0.4 is 5.32 Å². The maximum absolute atomic E-state index is 12.5. The molecule has 3 rings (SSSR count). The second kappa shape index (κ2) is 9.22. The number of rotatable bonds is 7. The molecular weight excluding hydrogens is 388 g/mol. The third-order valence-corrected chi connectivity index (χ3v) is 5.81. The van der Waals surface area contributed by atoms with Crippen LogP contribution in [0.3, 0.4) is 0 Å². The number of sulfone groups is 1. The molecule has 2 aromatic rings. The van der Waals surface area contributed by atoms with E-state index in [9.17, 15) is 18.0 Å². The molecule has 1 N–H and O–H groups in total. The second-order valence-electron chi connectivity index (χ2n) is 7.46. The quantitative estimate of drug-likeness (QED) is 0.705. The maximum Gasteiger partial charge on any atom is 0.251 e. The van der Waals surface area contributed by atoms with Gasteiger partial charge in [-0.1, -0.05) is 36.4 Å². The molecule has 6 nitrogen and oxygen atoms in total. The molecule has 1 heterocycles. The van der Waals surface area contributed by atoms with Gasteiger partial charge in [-0.15, -0.1) is 0 Å². The summed E-state index contributed by atoms with van der Waals surface area (Å²) in [5, 5.41) is 2.80. The number of nitrogens with one attached hydrogen (secondary N) is 1. The largest absolute Gasteiger partial charge is 0.352 e. The van der Waals surface area contributed by atoms with E-state index >= 15 is 0 Å². The van der Waals surface area contributed by atoms with Gasteiger partial charge in [-0.3, -0.25) is 9.59 Å². The summed E-state index contributed by atoms with van der Waals surface area (Å²) in [5.74, 6) is -0.259. The van der Waals surface area contributed by atoms with Crippen LogP contribution in [0.4, 0.5) is 0 Å². The van der Waals surface area contributed by atoms with Gasteiger partial charge in [-0.2, -0.15) is 0 Å². The first kappa shape index (κ1) is 21.0. The predicted octanol–water partition coefficient (Wildman–Crippen LogP) is 2.33. The minimum absolute atomic E-state index is 0.0956. The van der Waals surface area contributed by atoms with Gasteiger partial charge in [0.05, 0.1) is 5.75 Å². The third-order valence-electron chi connectivity index (χ3n) is 4.95. The van der Waals surface area contributed by atoms with Crippen LogP contribution in [0, 0.1) is 0 Å². The van der Waals surface area contributed by atoms with Crippen LogP contribution in [0.2, 0.25) is 0 Å². The van der Waals surface area contributed by atoms with E-state index in [4.69, 9.17) is 0 Å². The Labute approximate surface area is 171 Å². The van der Waals surface area contributed by atoms with E-state index in [0.29, 0.717) is 37.1 Å². The fourth-order valence-electron chi connectivity index (χ4n) is 3.52. The van der Waals surface area contributed by atoms with Gasteiger partial charge in [0.1, 0.15) is 0 Å². The Morgan fingerprint density at radius 1 is 1.07 bits per heavy atom. The molecular formula is C22H26N2O4S. The molecule has 0 spiro atoms. The molecule has 154 valence electrons. The monoisotopic (exact) mass is 414 g/mol. The van der Waals surface area contributed by atoms with Crippen molar-refractivity contribution in [1.82, 2.24) is 10.2 Å². The van der Waals surface area contributed by atoms with Gasteiger partial charge < -0.3 is 10.2 Å². The van der Waals surface area contributed by atoms with Crippen LogP contribution in [-0.2, 0) is 33.4 Å². The van der Waals surface area contributed by atoms with E-state index < -0.39 is 9.84 Å². The molecule has 0 fully saturated rings. The van der Waals surface area contributed by atoms with E-state index in [1.54, 1.807) is 24.3 Å². The van der Waals surface area contributed by atoms with E-state index in [0.717, 1.165) is 19.2 Å². The van der Waals surface area contributed by atoms with Crippen molar-refractivity contribution in [2.24, 2.45) is 0 Å². The molecule has 0 bridgehead atoms. The molecule has 0 saturated carbocycles. The number of amides is 2. The number of hydrogen-bond donors (Lipinski definition) is 1. The summed E-state index contributed by atoms with van der Waals surface area (Å²) < 4.78 is 22.8. The molecule has 1 aliphatic heterocycles. The number of hydrogen-bond acceptors (Lipinski definition) is 4. The minimum Gasteiger partial charge on any atom is -0.352 e. The molecule has 0 radical (unpaired) electrons. The minimum atomic E-state index is -3.15. The Balaban J connectivity index is 1.44. The van der Waals surface area contributed by atoms with Gasteiger partial charge in [-0.25, -0.2) is 8.42 Å². The third kappa shape index (κ3) is 6.15. The number of nitrogens with zero attached hydrogens (tertiary/aromatic N) is 1. The van der Waals surface area contributed by atoms with Crippen molar-refractivity contribution in [2.75, 3.05) is 19.3 Å². The van der Waals surface area contributed by atoms with Crippen molar-refractivity contribution in [3.05, 3.63) is 70.8 Å². The van der Waals surface area contributed by atoms with Crippen LogP contribution in [0.25, 0.3) is 0 Å². The van der Waals surface area contributed by atoms with E-state index in [1.165, 1.54) is 11.1 Å². The van der Waals surface area contributed by atoms with E-state index in [1.807, 2.05) is 17.0 Å². The Bertz CT molecular complexity index is 1000. The zero-order valence-corrected chi connectivity index (χ0v) is 17.4. The summed E-state index contributed by atoms with van der Waals surface area (Å²) in [6.45, 7) is 1.77. The summed E-state index contributed by atoms with van der Waals surface area (Å²) >= 11 is 0. The van der Waals surface area contributed by atoms with Gasteiger partial charge in [0.25, 0.3) is 5.91 Å². The van der Waals surface area contributed by atoms with Gasteiger partial charge in [0, 0.05) is 37.9 Å². The Hall–Kier alpha value is -2.67. The lowest BCUT2D eigenvalue weighted by Crippen LogP contribution is -2.36. The Morgan fingerprint density at radius 2 is 1.83 bits per heavy atom. The summed E-state index contributed by atoms with van der Waals surface area (Å²) in [6, 6.07) is 14.8. The van der Waals surface area contributed by atoms with Crippen molar-refractivity contribution in [3.63, 3.8) is 0 Å². The summed E-state index contributed by atoms with van der Waals surface area (Å²) in [4.78, 5) is 26.6. The number of carbonyl (C=O) groups is 2. The molecule has 2 aromatic carbocycles. The standard InChI is InChI=1S/C22H26N2O4S/c1-29(27,28)16-17-6-4-9-19(14-17)22(26)23-12-5-10-21(25)24-13-11-18-7-2-3-8-20(18)15-24/h2-4,6-9,14H,5,10-13,15-16H2,1H3,(H,23,26). The molecule has 0 saturated heterocycles. The van der Waals surface area contributed by atoms with Crippen molar-refractivity contribution < 1.29 is 18.0 Å². The molecule has 2 amide bonds. The zero-order valence-electron chi connectivity index (χ0n) is 16.6. The number of fused-ring (bicyclic) bond motifs is 1. The molecule has 0 aromatic heterocycles. The fourth-order valence-corrected chi connectivity index (χ4v) is 4.30. The van der Waals surface area contributed by atoms with Crippen LogP contribution in [0.1, 0.15) is 39.9 Å². The van der Waals surface area contributed by atoms with Crippen LogP contribution >= 0.6 is 0 Å². The first-order valence-corrected chi connectivity index (χ1v) is 11.8. The Morgan fingerprint density at radius 3 is 2.59 bits per heavy atom. The van der Waals surface area contributed by atoms with Crippen LogP contribution in [-0.4, -0.2) is 44.5 Å². The fraction of sp³-hybridized carbons (Fsp3) is 0.364. The molecule has 7 heteroatoms. The highest BCUT2D eigenvalue weighted by atomic mass is 32.2. The highest BCUT2D eigenvalue weighted by Gasteiger charge is 2.19. The van der Waals surface area contributed by atoms with Crippen LogP contribution in [0.15, 0.2) is 48.5 Å². The zero-order chi connectivity index (χ0) is 20.9. The van der Waals surface area contributed by atoms with Gasteiger partial charge >= 0.3 is 0 Å². The smallest absolute Gasteiger partial charge is 0.251 e. The van der Waals surface area contributed by atoms with Crippen molar-refractivity contribution in [1.29, 1.82) is 0 Å². The predicted molar refractivity (Wildman–Crippen MR) is 112 cm³/mol. The van der Waals surface area contributed by atoms with Crippen molar-refractivity contribution >= 4 is 21.7 Å². The molecule has 1 aliphatic rings. The first-order chi connectivity index (χ1) is 13.8. The Kier molecular flexibility index (Phi) is 6.69. The lowest BCUT2D eigenvalue weighted by Gasteiger charge is -2.29. The van der Waals surface area contributed by atoms with Gasteiger partial charge in [0.15, 0.2) is 9.84 Å². The number of benzene rings is 2. The topological polar surface area (TPSA) is 83.5 Å². The highest BCUT2D eigenvalue weighted by Crippen LogP contribution is 2.19. The maximum atomic E-state index is 12.5. The van der Waals surface area contributed by atoms with E-state index in [2.05, 4.69) is 17.4 Å². The molecule has 0 aliphatic carbocycles. The average Bonchev–Trinajstić information content (AvgIpc) is 2.69. The van der Waals surface area contributed by atoms with Gasteiger partial charge in [-0.05, 0) is 41.7 Å². The van der Waals surface area contributed by atoms with E-state index in [-0.39, 0.29) is 17.6 Å². The molecule has 29 heavy (non-hydrogen) atoms. The molecule has 0 unspecified atom stereocenters. The first-order valence-electron chi connectivity index (χ1n) is 9.71. The summed E-state index contributed by atoms with van der Waals surface area (Å²) in [7, 11) is -3.15. The van der Waals surface area contributed by atoms with Crippen LogP contribution in [0.5, 0.6) is 0 Å². The van der Waals surface area contributed by atoms with Crippen molar-refractivity contribution in [2.45, 2.75) is 31.6 Å². The normalized spacial score (nSPS) is 13.6. The number of carbonyl (C=O) groups excluding carboxylic acids is 2. The second-order valence-corrected chi connectivity index (χ2v) is 9.60. The SMILES string of the molecule is CS(=O)(=O)Cc1cccc(C(=O)NCCCC(=O)N2CCc3ccccc3C2)c1. The average molecular weight is 415 g/mol. The van der Waals surface area contributed by atoms with Crippen molar-refractivity contribution in [3.8, 4) is 0 Å².